The largest absolute Gasteiger partial charge is 0.390 e. The van der Waals surface area contributed by atoms with Crippen molar-refractivity contribution >= 4 is 0 Å². The van der Waals surface area contributed by atoms with Crippen LogP contribution in [0.2, 0.25) is 0 Å². The fourth-order valence-electron chi connectivity index (χ4n) is 4.22. The molecule has 4 rings (SSSR count). The number of hydrogen-bond acceptors (Lipinski definition) is 4. The highest BCUT2D eigenvalue weighted by Crippen LogP contribution is 2.37. The second-order valence-corrected chi connectivity index (χ2v) is 6.65. The van der Waals surface area contributed by atoms with Gasteiger partial charge in [-0.25, -0.2) is 8.78 Å². The number of alkyl halides is 2. The second kappa shape index (κ2) is 5.83. The van der Waals surface area contributed by atoms with Crippen molar-refractivity contribution in [3.63, 3.8) is 0 Å². The molecule has 2 aliphatic heterocycles. The van der Waals surface area contributed by atoms with Gasteiger partial charge < -0.3 is 20.8 Å². The molecule has 4 fully saturated rings. The summed E-state index contributed by atoms with van der Waals surface area (Å²) in [5.41, 5.74) is 0. The van der Waals surface area contributed by atoms with E-state index in [1.54, 1.807) is 0 Å². The average Bonchev–Trinajstić information content (AvgIpc) is 3.13. The van der Waals surface area contributed by atoms with Gasteiger partial charge >= 0.3 is 0 Å². The van der Waals surface area contributed by atoms with Gasteiger partial charge in [0.2, 0.25) is 0 Å². The fourth-order valence-corrected chi connectivity index (χ4v) is 4.22. The van der Waals surface area contributed by atoms with Crippen LogP contribution in [0, 0.1) is 23.7 Å². The van der Waals surface area contributed by atoms with Gasteiger partial charge in [-0.2, -0.15) is 0 Å². The van der Waals surface area contributed by atoms with Crippen molar-refractivity contribution in [1.29, 1.82) is 0 Å². The third-order valence-corrected chi connectivity index (χ3v) is 5.46. The Hall–Kier alpha value is -0.300. The maximum absolute atomic E-state index is 12.8. The fraction of sp³-hybridized carbons (Fsp3) is 1.00. The topological polar surface area (TPSA) is 64.5 Å². The summed E-state index contributed by atoms with van der Waals surface area (Å²) in [4.78, 5) is 0. The Morgan fingerprint density at radius 2 is 1.10 bits per heavy atom. The summed E-state index contributed by atoms with van der Waals surface area (Å²) < 4.78 is 25.5. The number of aliphatic hydroxyl groups excluding tert-OH is 2. The molecule has 4 aliphatic rings. The van der Waals surface area contributed by atoms with Crippen molar-refractivity contribution in [3.05, 3.63) is 0 Å². The van der Waals surface area contributed by atoms with Gasteiger partial charge in [0.25, 0.3) is 0 Å². The molecule has 0 radical (unpaired) electrons. The molecule has 8 atom stereocenters. The zero-order valence-electron chi connectivity index (χ0n) is 11.5. The molecule has 0 unspecified atom stereocenters. The zero-order chi connectivity index (χ0) is 14.3. The molecule has 0 aromatic carbocycles. The highest BCUT2D eigenvalue weighted by Gasteiger charge is 2.45. The third-order valence-electron chi connectivity index (χ3n) is 5.46. The van der Waals surface area contributed by atoms with Crippen LogP contribution >= 0.6 is 0 Å². The van der Waals surface area contributed by atoms with E-state index in [0.717, 1.165) is 26.2 Å². The van der Waals surface area contributed by atoms with E-state index in [-0.39, 0.29) is 11.8 Å². The van der Waals surface area contributed by atoms with Crippen LogP contribution in [-0.2, 0) is 0 Å². The van der Waals surface area contributed by atoms with Crippen LogP contribution in [0.1, 0.15) is 12.8 Å². The minimum atomic E-state index is -0.961. The molecule has 0 bridgehead atoms. The number of rotatable bonds is 0. The minimum Gasteiger partial charge on any atom is -0.390 e. The molecular weight excluding hydrogens is 266 g/mol. The van der Waals surface area contributed by atoms with Gasteiger partial charge in [-0.15, -0.1) is 0 Å². The van der Waals surface area contributed by atoms with Crippen molar-refractivity contribution in [1.82, 2.24) is 10.6 Å². The maximum atomic E-state index is 12.8. The van der Waals surface area contributed by atoms with Crippen molar-refractivity contribution in [2.45, 2.75) is 37.4 Å². The highest BCUT2D eigenvalue weighted by atomic mass is 19.1. The van der Waals surface area contributed by atoms with E-state index in [1.807, 2.05) is 0 Å². The van der Waals surface area contributed by atoms with Gasteiger partial charge in [-0.1, -0.05) is 0 Å². The minimum absolute atomic E-state index is 0.190. The molecule has 2 heterocycles. The van der Waals surface area contributed by atoms with Crippen LogP contribution in [0.15, 0.2) is 0 Å². The standard InChI is InChI=1S/2C7H12FNO/c2*8-6-1-4-2-9-3-5(4)7(6)10/h2*4-7,9-10H,1-3H2/t4-,5+,6+,7+;4-,5+,6-,7+/m00/s1. The molecule has 4 N–H and O–H groups in total. The van der Waals surface area contributed by atoms with E-state index in [4.69, 9.17) is 0 Å². The number of aliphatic hydroxyl groups is 2. The smallest absolute Gasteiger partial charge is 0.127 e. The summed E-state index contributed by atoms with van der Waals surface area (Å²) >= 11 is 0. The molecule has 0 aromatic heterocycles. The summed E-state index contributed by atoms with van der Waals surface area (Å²) in [5, 5.41) is 24.8. The van der Waals surface area contributed by atoms with Crippen molar-refractivity contribution in [2.24, 2.45) is 23.7 Å². The van der Waals surface area contributed by atoms with E-state index in [0.29, 0.717) is 24.7 Å². The Kier molecular flexibility index (Phi) is 4.26. The molecule has 20 heavy (non-hydrogen) atoms. The number of hydrogen-bond donors (Lipinski definition) is 4. The average molecular weight is 290 g/mol. The van der Waals surface area contributed by atoms with Gasteiger partial charge in [0.15, 0.2) is 0 Å². The maximum Gasteiger partial charge on any atom is 0.127 e. The first-order chi connectivity index (χ1) is 9.58. The molecule has 2 saturated carbocycles. The van der Waals surface area contributed by atoms with E-state index in [2.05, 4.69) is 10.6 Å². The van der Waals surface area contributed by atoms with E-state index in [1.165, 1.54) is 0 Å². The highest BCUT2D eigenvalue weighted by molar-refractivity contribution is 4.97. The molecular formula is C14H24F2N2O2. The first-order valence-corrected chi connectivity index (χ1v) is 7.63. The Balaban J connectivity index is 0.000000121. The molecule has 4 nitrogen and oxygen atoms in total. The number of nitrogens with one attached hydrogen (secondary N) is 2. The lowest BCUT2D eigenvalue weighted by Gasteiger charge is -2.11. The first kappa shape index (κ1) is 14.6. The Bertz CT molecular complexity index is 311. The van der Waals surface area contributed by atoms with Crippen molar-refractivity contribution in [3.8, 4) is 0 Å². The van der Waals surface area contributed by atoms with Gasteiger partial charge in [0.05, 0.1) is 12.2 Å². The van der Waals surface area contributed by atoms with E-state index < -0.39 is 24.6 Å². The van der Waals surface area contributed by atoms with E-state index in [9.17, 15) is 19.0 Å². The summed E-state index contributed by atoms with van der Waals surface area (Å²) in [6.07, 6.45) is -2.20. The normalized spacial score (nSPS) is 53.4. The van der Waals surface area contributed by atoms with Crippen LogP contribution in [0.4, 0.5) is 8.78 Å². The van der Waals surface area contributed by atoms with Crippen LogP contribution in [0.5, 0.6) is 0 Å². The molecule has 6 heteroatoms. The molecule has 2 aliphatic carbocycles. The summed E-state index contributed by atoms with van der Waals surface area (Å²) in [6, 6.07) is 0. The Labute approximate surface area is 117 Å². The SMILES string of the molecule is O[C@@H]1[C@@H]2CNC[C@@H]2C[C@@H]1F.O[C@@H]1[C@@H]2CNC[C@@H]2C[C@H]1F. The van der Waals surface area contributed by atoms with Crippen LogP contribution < -0.4 is 10.6 Å². The van der Waals surface area contributed by atoms with Gasteiger partial charge in [0, 0.05) is 24.9 Å². The Morgan fingerprint density at radius 3 is 1.45 bits per heavy atom. The lowest BCUT2D eigenvalue weighted by atomic mass is 10.00. The summed E-state index contributed by atoms with van der Waals surface area (Å²) in [7, 11) is 0. The van der Waals surface area contributed by atoms with Crippen molar-refractivity contribution in [2.75, 3.05) is 26.2 Å². The second-order valence-electron chi connectivity index (χ2n) is 6.65. The third kappa shape index (κ3) is 2.58. The van der Waals surface area contributed by atoms with Gasteiger partial charge in [-0.05, 0) is 37.8 Å². The summed E-state index contributed by atoms with van der Waals surface area (Å²) in [5.74, 6) is 1.17. The lowest BCUT2D eigenvalue weighted by molar-refractivity contribution is 0.0709. The molecule has 2 saturated heterocycles. The predicted octanol–water partition coefficient (Wildman–Crippen LogP) is -0.151. The quantitative estimate of drug-likeness (QED) is 0.501. The first-order valence-electron chi connectivity index (χ1n) is 7.63. The van der Waals surface area contributed by atoms with Gasteiger partial charge in [0.1, 0.15) is 12.3 Å². The molecule has 0 aromatic rings. The Morgan fingerprint density at radius 1 is 0.700 bits per heavy atom. The van der Waals surface area contributed by atoms with Crippen LogP contribution in [-0.4, -0.2) is 60.9 Å². The van der Waals surface area contributed by atoms with E-state index >= 15 is 0 Å². The predicted molar refractivity (Wildman–Crippen MR) is 70.7 cm³/mol. The number of halogens is 2. The zero-order valence-corrected chi connectivity index (χ0v) is 11.5. The molecule has 116 valence electrons. The molecule has 0 amide bonds. The lowest BCUT2D eigenvalue weighted by Crippen LogP contribution is -2.26. The van der Waals surface area contributed by atoms with Crippen molar-refractivity contribution < 1.29 is 19.0 Å². The van der Waals surface area contributed by atoms with Gasteiger partial charge in [-0.3, -0.25) is 0 Å². The number of fused-ring (bicyclic) bond motifs is 2. The van der Waals surface area contributed by atoms with Crippen LogP contribution in [0.25, 0.3) is 0 Å². The summed E-state index contributed by atoms with van der Waals surface area (Å²) in [6.45, 7) is 3.38. The van der Waals surface area contributed by atoms with Crippen LogP contribution in [0.3, 0.4) is 0 Å². The monoisotopic (exact) mass is 290 g/mol. The molecule has 0 spiro atoms.